The van der Waals surface area contributed by atoms with Gasteiger partial charge >= 0.3 is 13.7 Å². The molecule has 0 bridgehead atoms. The molecule has 0 saturated carbocycles. The van der Waals surface area contributed by atoms with E-state index < -0.39 is 13.2 Å². The number of hydrogen-bond donors (Lipinski definition) is 1. The third kappa shape index (κ3) is 12.9. The van der Waals surface area contributed by atoms with E-state index in [-0.39, 0.29) is 12.1 Å². The van der Waals surface area contributed by atoms with Gasteiger partial charge in [0.1, 0.15) is 5.60 Å². The van der Waals surface area contributed by atoms with Crippen LogP contribution in [0, 0.1) is 0 Å². The number of rotatable bonds is 15. The highest BCUT2D eigenvalue weighted by atomic mass is 32.2. The Morgan fingerprint density at radius 1 is 1.03 bits per heavy atom. The minimum absolute atomic E-state index is 0.0226. The zero-order chi connectivity index (χ0) is 26.4. The Morgan fingerprint density at radius 3 is 2.17 bits per heavy atom. The van der Waals surface area contributed by atoms with Gasteiger partial charge in [0, 0.05) is 49.4 Å². The van der Waals surface area contributed by atoms with Crippen LogP contribution in [0.1, 0.15) is 47.5 Å². The second-order valence-corrected chi connectivity index (χ2v) is 13.2. The second-order valence-electron chi connectivity index (χ2n) is 9.96. The van der Waals surface area contributed by atoms with E-state index in [0.29, 0.717) is 19.4 Å². The van der Waals surface area contributed by atoms with E-state index in [0.717, 1.165) is 57.9 Å². The second kappa shape index (κ2) is 16.0. The fourth-order valence-corrected chi connectivity index (χ4v) is 6.65. The summed E-state index contributed by atoms with van der Waals surface area (Å²) < 4.78 is 28.9. The fourth-order valence-electron chi connectivity index (χ4n) is 4.01. The fraction of sp³-hybridized carbons (Fsp3) is 0.731. The molecule has 2 rings (SSSR count). The molecule has 36 heavy (non-hydrogen) atoms. The lowest BCUT2D eigenvalue weighted by atomic mass is 10.2. The Kier molecular flexibility index (Phi) is 13.8. The smallest absolute Gasteiger partial charge is 0.407 e. The van der Waals surface area contributed by atoms with Crippen LogP contribution in [0.25, 0.3) is 0 Å². The van der Waals surface area contributed by atoms with E-state index in [2.05, 4.69) is 27.2 Å². The first-order valence-electron chi connectivity index (χ1n) is 13.1. The van der Waals surface area contributed by atoms with Gasteiger partial charge in [-0.1, -0.05) is 18.2 Å². The van der Waals surface area contributed by atoms with E-state index in [4.69, 9.17) is 13.8 Å². The molecule has 0 unspecified atom stereocenters. The predicted octanol–water partition coefficient (Wildman–Crippen LogP) is 5.34. The monoisotopic (exact) mass is 543 g/mol. The first-order valence-corrected chi connectivity index (χ1v) is 15.8. The van der Waals surface area contributed by atoms with Crippen LogP contribution in [0.4, 0.5) is 4.79 Å². The van der Waals surface area contributed by atoms with Crippen molar-refractivity contribution in [1.82, 2.24) is 15.1 Å². The van der Waals surface area contributed by atoms with Gasteiger partial charge in [0.15, 0.2) is 0 Å². The maximum Gasteiger partial charge on any atom is 0.407 e. The zero-order valence-corrected chi connectivity index (χ0v) is 24.5. The first kappa shape index (κ1) is 31.1. The van der Waals surface area contributed by atoms with Gasteiger partial charge in [-0.25, -0.2) is 4.79 Å². The molecule has 206 valence electrons. The van der Waals surface area contributed by atoms with Crippen LogP contribution in [0.3, 0.4) is 0 Å². The van der Waals surface area contributed by atoms with E-state index in [1.165, 1.54) is 4.90 Å². The molecule has 1 fully saturated rings. The Bertz CT molecular complexity index is 791. The average molecular weight is 544 g/mol. The van der Waals surface area contributed by atoms with Gasteiger partial charge < -0.3 is 28.9 Å². The standard InChI is InChI=1S/C26H46N3O5PS/c1-6-32-35(31,33-7-2)21-11-15-28-17-19-29(20-18-28)16-14-23(27-25(30)34-26(3,4)5)22-36-24-12-9-8-10-13-24/h8-10,12-13,23H,6-7,11,14-22H2,1-5H3,(H,27,30)/t23-/m1/s1. The van der Waals surface area contributed by atoms with Crippen LogP contribution in [-0.2, 0) is 18.3 Å². The Morgan fingerprint density at radius 2 is 1.61 bits per heavy atom. The lowest BCUT2D eigenvalue weighted by Gasteiger charge is -2.35. The van der Waals surface area contributed by atoms with Crippen LogP contribution < -0.4 is 5.32 Å². The molecule has 1 aromatic carbocycles. The molecule has 1 N–H and O–H groups in total. The van der Waals surface area contributed by atoms with Crippen molar-refractivity contribution in [3.8, 4) is 0 Å². The van der Waals surface area contributed by atoms with Gasteiger partial charge in [-0.3, -0.25) is 4.57 Å². The van der Waals surface area contributed by atoms with Crippen LogP contribution in [-0.4, -0.2) is 91.9 Å². The molecule has 1 aliphatic rings. The van der Waals surface area contributed by atoms with E-state index >= 15 is 0 Å². The number of piperazine rings is 1. The van der Waals surface area contributed by atoms with Crippen LogP contribution in [0.15, 0.2) is 35.2 Å². The summed E-state index contributed by atoms with van der Waals surface area (Å²) in [7, 11) is -2.96. The van der Waals surface area contributed by atoms with Gasteiger partial charge in [-0.2, -0.15) is 0 Å². The van der Waals surface area contributed by atoms with Crippen molar-refractivity contribution in [2.45, 2.75) is 64.0 Å². The van der Waals surface area contributed by atoms with Crippen LogP contribution in [0.5, 0.6) is 0 Å². The summed E-state index contributed by atoms with van der Waals surface area (Å²) in [5, 5.41) is 3.09. The number of carbonyl (C=O) groups excluding carboxylic acids is 1. The highest BCUT2D eigenvalue weighted by Gasteiger charge is 2.25. The normalized spacial score (nSPS) is 16.6. The molecule has 0 radical (unpaired) electrons. The van der Waals surface area contributed by atoms with Crippen molar-refractivity contribution in [3.05, 3.63) is 30.3 Å². The van der Waals surface area contributed by atoms with Crippen molar-refractivity contribution in [2.75, 3.05) is 64.4 Å². The van der Waals surface area contributed by atoms with Gasteiger partial charge in [0.05, 0.1) is 19.4 Å². The summed E-state index contributed by atoms with van der Waals surface area (Å²) in [6.45, 7) is 15.9. The van der Waals surface area contributed by atoms with Gasteiger partial charge in [0.25, 0.3) is 0 Å². The summed E-state index contributed by atoms with van der Waals surface area (Å²) in [6, 6.07) is 10.3. The number of nitrogens with one attached hydrogen (secondary N) is 1. The first-order chi connectivity index (χ1) is 17.1. The number of thioether (sulfide) groups is 1. The topological polar surface area (TPSA) is 80.3 Å². The molecule has 1 aromatic rings. The van der Waals surface area contributed by atoms with Crippen LogP contribution >= 0.6 is 19.4 Å². The molecule has 0 spiro atoms. The predicted molar refractivity (Wildman–Crippen MR) is 148 cm³/mol. The number of alkyl carbamates (subject to hydrolysis) is 1. The minimum Gasteiger partial charge on any atom is -0.444 e. The van der Waals surface area contributed by atoms with Crippen molar-refractivity contribution in [2.24, 2.45) is 0 Å². The van der Waals surface area contributed by atoms with Gasteiger partial charge in [-0.05, 0) is 66.1 Å². The Labute approximate surface area is 222 Å². The summed E-state index contributed by atoms with van der Waals surface area (Å²) >= 11 is 1.75. The van der Waals surface area contributed by atoms with Gasteiger partial charge in [-0.15, -0.1) is 11.8 Å². The minimum atomic E-state index is -2.96. The van der Waals surface area contributed by atoms with E-state index in [9.17, 15) is 9.36 Å². The largest absolute Gasteiger partial charge is 0.444 e. The van der Waals surface area contributed by atoms with Crippen molar-refractivity contribution >= 4 is 25.5 Å². The summed E-state index contributed by atoms with van der Waals surface area (Å²) in [5.74, 6) is 0.795. The van der Waals surface area contributed by atoms with Crippen molar-refractivity contribution in [1.29, 1.82) is 0 Å². The number of ether oxygens (including phenoxy) is 1. The van der Waals surface area contributed by atoms with E-state index in [1.54, 1.807) is 11.8 Å². The number of nitrogens with zero attached hydrogens (tertiary/aromatic N) is 2. The maximum atomic E-state index is 12.6. The van der Waals surface area contributed by atoms with Crippen LogP contribution in [0.2, 0.25) is 0 Å². The Hall–Kier alpha value is -1.09. The third-order valence-electron chi connectivity index (χ3n) is 5.73. The molecule has 0 aromatic heterocycles. The Balaban J connectivity index is 1.77. The van der Waals surface area contributed by atoms with Gasteiger partial charge in [0.2, 0.25) is 0 Å². The number of benzene rings is 1. The van der Waals surface area contributed by atoms with E-state index in [1.807, 2.05) is 52.8 Å². The molecule has 0 aliphatic carbocycles. The molecule has 8 nitrogen and oxygen atoms in total. The summed E-state index contributed by atoms with van der Waals surface area (Å²) in [4.78, 5) is 18.5. The zero-order valence-electron chi connectivity index (χ0n) is 22.7. The molecule has 1 aliphatic heterocycles. The molecular weight excluding hydrogens is 497 g/mol. The molecular formula is C26H46N3O5PS. The molecule has 1 heterocycles. The van der Waals surface area contributed by atoms with Crippen molar-refractivity contribution in [3.63, 3.8) is 0 Å². The molecule has 10 heteroatoms. The highest BCUT2D eigenvalue weighted by molar-refractivity contribution is 7.99. The summed E-state index contributed by atoms with van der Waals surface area (Å²) in [6.07, 6.45) is 1.77. The maximum absolute atomic E-state index is 12.6. The lowest BCUT2D eigenvalue weighted by molar-refractivity contribution is 0.0502. The summed E-state index contributed by atoms with van der Waals surface area (Å²) in [5.41, 5.74) is -0.517. The third-order valence-corrected chi connectivity index (χ3v) is 9.07. The number of hydrogen-bond acceptors (Lipinski definition) is 8. The molecule has 1 saturated heterocycles. The lowest BCUT2D eigenvalue weighted by Crippen LogP contribution is -2.48. The molecule has 1 atom stereocenters. The number of amides is 1. The average Bonchev–Trinajstić information content (AvgIpc) is 2.81. The highest BCUT2D eigenvalue weighted by Crippen LogP contribution is 2.48. The SMILES string of the molecule is CCOP(=O)(CCCN1CCN(CC[C@H](CSc2ccccc2)NC(=O)OC(C)(C)C)CC1)OCC. The molecule has 1 amide bonds. The number of carbonyl (C=O) groups is 1. The quantitative estimate of drug-likeness (QED) is 0.235. The van der Waals surface area contributed by atoms with Crippen molar-refractivity contribution < 1.29 is 23.1 Å².